The normalized spacial score (nSPS) is 10.3. The summed E-state index contributed by atoms with van der Waals surface area (Å²) < 4.78 is 15.5. The van der Waals surface area contributed by atoms with Gasteiger partial charge in [-0.05, 0) is 42.8 Å². The highest BCUT2D eigenvalue weighted by molar-refractivity contribution is 5.95. The summed E-state index contributed by atoms with van der Waals surface area (Å²) >= 11 is 0. The van der Waals surface area contributed by atoms with Crippen LogP contribution >= 0.6 is 0 Å². The summed E-state index contributed by atoms with van der Waals surface area (Å²) in [6.45, 7) is 1.79. The summed E-state index contributed by atoms with van der Waals surface area (Å²) in [5.74, 6) is -0.711. The summed E-state index contributed by atoms with van der Waals surface area (Å²) in [4.78, 5) is 35.3. The zero-order valence-electron chi connectivity index (χ0n) is 16.1. The first kappa shape index (κ1) is 21.5. The molecule has 29 heavy (non-hydrogen) atoms. The van der Waals surface area contributed by atoms with Gasteiger partial charge in [0.05, 0.1) is 13.7 Å². The summed E-state index contributed by atoms with van der Waals surface area (Å²) in [6.07, 6.45) is 2.72. The Hall–Kier alpha value is -3.81. The second kappa shape index (κ2) is 11.1. The van der Waals surface area contributed by atoms with Gasteiger partial charge in [-0.15, -0.1) is 0 Å². The van der Waals surface area contributed by atoms with Crippen molar-refractivity contribution < 1.29 is 28.6 Å². The summed E-state index contributed by atoms with van der Waals surface area (Å²) in [7, 11) is 1.54. The van der Waals surface area contributed by atoms with Crippen LogP contribution in [0.15, 0.2) is 54.6 Å². The number of rotatable bonds is 8. The Morgan fingerprint density at radius 3 is 2.45 bits per heavy atom. The lowest BCUT2D eigenvalue weighted by Gasteiger charge is -2.09. The van der Waals surface area contributed by atoms with Gasteiger partial charge < -0.3 is 14.2 Å². The van der Waals surface area contributed by atoms with Crippen molar-refractivity contribution in [1.29, 1.82) is 0 Å². The molecule has 0 atom stereocenters. The van der Waals surface area contributed by atoms with Gasteiger partial charge >= 0.3 is 5.97 Å². The number of hydrogen-bond donors (Lipinski definition) is 2. The van der Waals surface area contributed by atoms with E-state index in [0.29, 0.717) is 29.2 Å². The average Bonchev–Trinajstić information content (AvgIpc) is 2.75. The number of methoxy groups -OCH3 is 1. The van der Waals surface area contributed by atoms with E-state index in [0.717, 1.165) is 0 Å². The predicted octanol–water partition coefficient (Wildman–Crippen LogP) is 2.11. The van der Waals surface area contributed by atoms with E-state index in [4.69, 9.17) is 14.2 Å². The third kappa shape index (κ3) is 7.02. The number of hydrogen-bond acceptors (Lipinski definition) is 6. The molecule has 152 valence electrons. The van der Waals surface area contributed by atoms with Crippen LogP contribution in [0.4, 0.5) is 0 Å². The largest absolute Gasteiger partial charge is 0.493 e. The Labute approximate surface area is 168 Å². The molecule has 0 radical (unpaired) electrons. The Bertz CT molecular complexity index is 880. The highest BCUT2D eigenvalue weighted by atomic mass is 16.5. The van der Waals surface area contributed by atoms with E-state index in [1.165, 1.54) is 19.3 Å². The van der Waals surface area contributed by atoms with E-state index >= 15 is 0 Å². The minimum Gasteiger partial charge on any atom is -0.493 e. The number of hydrazine groups is 1. The van der Waals surface area contributed by atoms with Gasteiger partial charge in [0, 0.05) is 11.6 Å². The number of amides is 2. The summed E-state index contributed by atoms with van der Waals surface area (Å²) in [6, 6.07) is 13.6. The number of nitrogens with one attached hydrogen (secondary N) is 2. The fraction of sp³-hybridized carbons (Fsp3) is 0.190. The molecule has 8 nitrogen and oxygen atoms in total. The molecule has 2 aromatic rings. The lowest BCUT2D eigenvalue weighted by Crippen LogP contribution is -2.43. The van der Waals surface area contributed by atoms with Crippen LogP contribution in [0.1, 0.15) is 22.8 Å². The van der Waals surface area contributed by atoms with Crippen LogP contribution in [0.25, 0.3) is 6.08 Å². The fourth-order valence-corrected chi connectivity index (χ4v) is 2.24. The fourth-order valence-electron chi connectivity index (χ4n) is 2.24. The molecule has 0 saturated heterocycles. The zero-order valence-corrected chi connectivity index (χ0v) is 16.1. The van der Waals surface area contributed by atoms with Crippen LogP contribution in [0.5, 0.6) is 11.5 Å². The third-order valence-electron chi connectivity index (χ3n) is 3.60. The van der Waals surface area contributed by atoms with Gasteiger partial charge in [-0.1, -0.05) is 24.3 Å². The van der Waals surface area contributed by atoms with Crippen LogP contribution in [-0.2, 0) is 14.3 Å². The first-order valence-electron chi connectivity index (χ1n) is 8.83. The molecule has 8 heteroatoms. The monoisotopic (exact) mass is 398 g/mol. The van der Waals surface area contributed by atoms with Crippen molar-refractivity contribution in [3.63, 3.8) is 0 Å². The molecule has 2 rings (SSSR count). The maximum atomic E-state index is 11.8. The van der Waals surface area contributed by atoms with Gasteiger partial charge in [0.1, 0.15) is 0 Å². The Morgan fingerprint density at radius 1 is 1.00 bits per heavy atom. The second-order valence-corrected chi connectivity index (χ2v) is 5.65. The molecular weight excluding hydrogens is 376 g/mol. The molecule has 0 saturated carbocycles. The standard InChI is InChI=1S/C21H22N2O6/c1-3-28-18-13-15(9-11-17(18)27-2)10-12-20(25)29-14-19(24)22-23-21(26)16-7-5-4-6-8-16/h4-13H,3,14H2,1-2H3,(H,22,24)(H,23,26)/b12-10+. The molecule has 2 amide bonds. The van der Waals surface area contributed by atoms with Crippen LogP contribution in [0.2, 0.25) is 0 Å². The van der Waals surface area contributed by atoms with Gasteiger partial charge in [-0.25, -0.2) is 4.79 Å². The van der Waals surface area contributed by atoms with Crippen molar-refractivity contribution in [3.8, 4) is 11.5 Å². The molecule has 0 spiro atoms. The molecule has 2 aromatic carbocycles. The van der Waals surface area contributed by atoms with E-state index in [1.807, 2.05) is 6.92 Å². The number of carbonyl (C=O) groups is 3. The van der Waals surface area contributed by atoms with Crippen LogP contribution in [-0.4, -0.2) is 38.1 Å². The Morgan fingerprint density at radius 2 is 1.76 bits per heavy atom. The molecule has 0 fully saturated rings. The lowest BCUT2D eigenvalue weighted by atomic mass is 10.2. The van der Waals surface area contributed by atoms with Gasteiger partial charge in [0.25, 0.3) is 11.8 Å². The SMILES string of the molecule is CCOc1cc(/C=C/C(=O)OCC(=O)NNC(=O)c2ccccc2)ccc1OC. The second-order valence-electron chi connectivity index (χ2n) is 5.65. The molecule has 2 N–H and O–H groups in total. The van der Waals surface area contributed by atoms with Crippen LogP contribution < -0.4 is 20.3 Å². The van der Waals surface area contributed by atoms with Crippen molar-refractivity contribution >= 4 is 23.9 Å². The maximum absolute atomic E-state index is 11.8. The van der Waals surface area contributed by atoms with Crippen molar-refractivity contribution in [2.45, 2.75) is 6.92 Å². The number of ether oxygens (including phenoxy) is 3. The van der Waals surface area contributed by atoms with E-state index in [-0.39, 0.29) is 0 Å². The molecular formula is C21H22N2O6. The molecule has 0 aliphatic rings. The minimum atomic E-state index is -0.705. The highest BCUT2D eigenvalue weighted by Crippen LogP contribution is 2.28. The van der Waals surface area contributed by atoms with Gasteiger partial charge in [-0.2, -0.15) is 0 Å². The summed E-state index contributed by atoms with van der Waals surface area (Å²) in [5, 5.41) is 0. The molecule has 0 aliphatic heterocycles. The van der Waals surface area contributed by atoms with E-state index < -0.39 is 24.4 Å². The van der Waals surface area contributed by atoms with E-state index in [1.54, 1.807) is 48.5 Å². The summed E-state index contributed by atoms with van der Waals surface area (Å²) in [5.41, 5.74) is 5.50. The third-order valence-corrected chi connectivity index (χ3v) is 3.60. The molecule has 0 heterocycles. The first-order valence-corrected chi connectivity index (χ1v) is 8.83. The van der Waals surface area contributed by atoms with Crippen LogP contribution in [0, 0.1) is 0 Å². The van der Waals surface area contributed by atoms with Crippen molar-refractivity contribution in [3.05, 3.63) is 65.7 Å². The van der Waals surface area contributed by atoms with Gasteiger partial charge in [-0.3, -0.25) is 20.4 Å². The van der Waals surface area contributed by atoms with Gasteiger partial charge in [0.15, 0.2) is 18.1 Å². The zero-order chi connectivity index (χ0) is 21.1. The molecule has 0 bridgehead atoms. The molecule has 0 aliphatic carbocycles. The van der Waals surface area contributed by atoms with Gasteiger partial charge in [0.2, 0.25) is 0 Å². The topological polar surface area (TPSA) is 103 Å². The first-order chi connectivity index (χ1) is 14.0. The Balaban J connectivity index is 1.79. The number of carbonyl (C=O) groups excluding carboxylic acids is 3. The van der Waals surface area contributed by atoms with Crippen molar-refractivity contribution in [1.82, 2.24) is 10.9 Å². The smallest absolute Gasteiger partial charge is 0.331 e. The van der Waals surface area contributed by atoms with E-state index in [9.17, 15) is 14.4 Å². The minimum absolute atomic E-state index is 0.388. The number of benzene rings is 2. The lowest BCUT2D eigenvalue weighted by molar-refractivity contribution is -0.144. The highest BCUT2D eigenvalue weighted by Gasteiger charge is 2.09. The molecule has 0 aromatic heterocycles. The maximum Gasteiger partial charge on any atom is 0.331 e. The van der Waals surface area contributed by atoms with Crippen LogP contribution in [0.3, 0.4) is 0 Å². The van der Waals surface area contributed by atoms with E-state index in [2.05, 4.69) is 10.9 Å². The van der Waals surface area contributed by atoms with Crippen molar-refractivity contribution in [2.24, 2.45) is 0 Å². The Kier molecular flexibility index (Phi) is 8.25. The van der Waals surface area contributed by atoms with Crippen molar-refractivity contribution in [2.75, 3.05) is 20.3 Å². The molecule has 0 unspecified atom stereocenters. The average molecular weight is 398 g/mol. The quantitative estimate of drug-likeness (QED) is 0.401. The predicted molar refractivity (Wildman–Crippen MR) is 106 cm³/mol. The number of esters is 1.